The van der Waals surface area contributed by atoms with Crippen LogP contribution in [0.1, 0.15) is 10.4 Å². The first-order chi connectivity index (χ1) is 8.16. The molecule has 1 aliphatic rings. The number of carbonyl (C=O) groups excluding carboxylic acids is 1. The van der Waals surface area contributed by atoms with Crippen molar-refractivity contribution in [2.24, 2.45) is 0 Å². The second-order valence-corrected chi connectivity index (χ2v) is 9.82. The Hall–Kier alpha value is 0.830. The van der Waals surface area contributed by atoms with Crippen molar-refractivity contribution in [3.8, 4) is 0 Å². The molecule has 0 aromatic carbocycles. The van der Waals surface area contributed by atoms with E-state index in [-0.39, 0.29) is 5.91 Å². The molecule has 17 heavy (non-hydrogen) atoms. The van der Waals surface area contributed by atoms with E-state index in [2.05, 4.69) is 37.2 Å². The second-order valence-electron chi connectivity index (χ2n) is 3.52. The van der Waals surface area contributed by atoms with Crippen molar-refractivity contribution in [1.82, 2.24) is 5.32 Å². The summed E-state index contributed by atoms with van der Waals surface area (Å²) >= 11 is 12.2. The molecule has 0 spiro atoms. The summed E-state index contributed by atoms with van der Waals surface area (Å²) in [6.07, 6.45) is 0. The number of nitrogens with one attached hydrogen (secondary N) is 1. The quantitative estimate of drug-likeness (QED) is 0.811. The number of rotatable bonds is 3. The number of hydrogen-bond donors (Lipinski definition) is 1. The van der Waals surface area contributed by atoms with Gasteiger partial charge in [-0.15, -0.1) is 11.3 Å². The Balaban J connectivity index is 1.86. The van der Waals surface area contributed by atoms with Crippen LogP contribution in [0.4, 0.5) is 0 Å². The van der Waals surface area contributed by atoms with Gasteiger partial charge in [-0.25, -0.2) is 0 Å². The van der Waals surface area contributed by atoms with Crippen LogP contribution in [-0.2, 0) is 0 Å². The topological polar surface area (TPSA) is 29.1 Å². The van der Waals surface area contributed by atoms with E-state index in [1.54, 1.807) is 0 Å². The molecule has 1 saturated heterocycles. The fourth-order valence-electron chi connectivity index (χ4n) is 1.45. The third kappa shape index (κ3) is 4.16. The third-order valence-electron chi connectivity index (χ3n) is 2.28. The highest BCUT2D eigenvalue weighted by atomic mass is 79.9. The summed E-state index contributed by atoms with van der Waals surface area (Å²) in [4.78, 5) is 12.0. The lowest BCUT2D eigenvalue weighted by Gasteiger charge is -2.20. The standard InChI is InChI=1S/C10H11Br2NOS3/c11-8-3-7(9(12)17-8)10(14)13-4-6-5-15-1-2-16-6/h3,6H,1-2,4-5H2,(H,13,14). The maximum absolute atomic E-state index is 12.0. The molecule has 1 aromatic heterocycles. The van der Waals surface area contributed by atoms with Gasteiger partial charge in [0.2, 0.25) is 0 Å². The van der Waals surface area contributed by atoms with E-state index in [1.165, 1.54) is 22.8 Å². The highest BCUT2D eigenvalue weighted by Crippen LogP contribution is 2.31. The Morgan fingerprint density at radius 3 is 2.88 bits per heavy atom. The summed E-state index contributed by atoms with van der Waals surface area (Å²) < 4.78 is 1.85. The smallest absolute Gasteiger partial charge is 0.253 e. The van der Waals surface area contributed by atoms with Crippen molar-refractivity contribution in [2.75, 3.05) is 23.8 Å². The number of thiophene rings is 1. The van der Waals surface area contributed by atoms with Crippen LogP contribution in [0.15, 0.2) is 13.6 Å². The van der Waals surface area contributed by atoms with Gasteiger partial charge in [0.1, 0.15) is 0 Å². The minimum atomic E-state index is 0.00926. The fourth-order valence-corrected chi connectivity index (χ4v) is 6.86. The largest absolute Gasteiger partial charge is 0.351 e. The number of halogens is 2. The Morgan fingerprint density at radius 2 is 2.29 bits per heavy atom. The van der Waals surface area contributed by atoms with Crippen molar-refractivity contribution < 1.29 is 4.79 Å². The van der Waals surface area contributed by atoms with Crippen molar-refractivity contribution in [1.29, 1.82) is 0 Å². The number of amides is 1. The molecule has 94 valence electrons. The van der Waals surface area contributed by atoms with E-state index < -0.39 is 0 Å². The molecular weight excluding hydrogens is 406 g/mol. The van der Waals surface area contributed by atoms with E-state index in [4.69, 9.17) is 0 Å². The number of thioether (sulfide) groups is 2. The van der Waals surface area contributed by atoms with Gasteiger partial charge in [-0.05, 0) is 37.9 Å². The van der Waals surface area contributed by atoms with E-state index in [9.17, 15) is 4.79 Å². The SMILES string of the molecule is O=C(NCC1CSCCS1)c1cc(Br)sc1Br. The zero-order valence-corrected chi connectivity index (χ0v) is 14.5. The van der Waals surface area contributed by atoms with Crippen LogP contribution in [0.2, 0.25) is 0 Å². The molecule has 7 heteroatoms. The lowest BCUT2D eigenvalue weighted by atomic mass is 10.3. The summed E-state index contributed by atoms with van der Waals surface area (Å²) in [5, 5.41) is 3.56. The normalized spacial score (nSPS) is 20.2. The lowest BCUT2D eigenvalue weighted by molar-refractivity contribution is 0.0954. The molecule has 1 N–H and O–H groups in total. The summed E-state index contributed by atoms with van der Waals surface area (Å²) in [6, 6.07) is 1.85. The highest BCUT2D eigenvalue weighted by molar-refractivity contribution is 9.12. The Bertz CT molecular complexity index is 404. The van der Waals surface area contributed by atoms with Crippen LogP contribution in [0.5, 0.6) is 0 Å². The van der Waals surface area contributed by atoms with Crippen molar-refractivity contribution in [3.63, 3.8) is 0 Å². The summed E-state index contributed by atoms with van der Waals surface area (Å²) in [6.45, 7) is 0.760. The molecule has 0 aliphatic carbocycles. The van der Waals surface area contributed by atoms with Crippen LogP contribution < -0.4 is 5.32 Å². The fraction of sp³-hybridized carbons (Fsp3) is 0.500. The van der Waals surface area contributed by atoms with E-state index in [0.717, 1.165) is 25.4 Å². The van der Waals surface area contributed by atoms with Gasteiger partial charge in [-0.3, -0.25) is 4.79 Å². The first-order valence-corrected chi connectivity index (χ1v) is 9.70. The van der Waals surface area contributed by atoms with Gasteiger partial charge < -0.3 is 5.32 Å². The Labute approximate surface area is 130 Å². The molecule has 1 atom stereocenters. The average Bonchev–Trinajstić information content (AvgIpc) is 2.67. The molecule has 0 bridgehead atoms. The minimum absolute atomic E-state index is 0.00926. The summed E-state index contributed by atoms with van der Waals surface area (Å²) in [5.41, 5.74) is 0.718. The molecule has 2 rings (SSSR count). The number of carbonyl (C=O) groups is 1. The maximum atomic E-state index is 12.0. The molecule has 0 radical (unpaired) electrons. The van der Waals surface area contributed by atoms with Gasteiger partial charge >= 0.3 is 0 Å². The molecule has 1 amide bonds. The van der Waals surface area contributed by atoms with E-state index >= 15 is 0 Å². The van der Waals surface area contributed by atoms with Crippen LogP contribution in [0, 0.1) is 0 Å². The van der Waals surface area contributed by atoms with Gasteiger partial charge in [-0.1, -0.05) is 0 Å². The molecule has 0 saturated carbocycles. The first-order valence-electron chi connectivity index (χ1n) is 5.09. The lowest BCUT2D eigenvalue weighted by Crippen LogP contribution is -2.33. The number of hydrogen-bond acceptors (Lipinski definition) is 4. The van der Waals surface area contributed by atoms with Crippen molar-refractivity contribution in [2.45, 2.75) is 5.25 Å². The van der Waals surface area contributed by atoms with Crippen LogP contribution in [-0.4, -0.2) is 35.0 Å². The highest BCUT2D eigenvalue weighted by Gasteiger charge is 2.17. The van der Waals surface area contributed by atoms with Gasteiger partial charge in [0, 0.05) is 29.1 Å². The predicted octanol–water partition coefficient (Wildman–Crippen LogP) is 3.85. The molecule has 2 nitrogen and oxygen atoms in total. The van der Waals surface area contributed by atoms with Crippen LogP contribution in [0.3, 0.4) is 0 Å². The average molecular weight is 417 g/mol. The zero-order valence-electron chi connectivity index (χ0n) is 8.87. The van der Waals surface area contributed by atoms with Crippen LogP contribution in [0.25, 0.3) is 0 Å². The first kappa shape index (κ1) is 14.2. The molecule has 1 aliphatic heterocycles. The molecule has 1 unspecified atom stereocenters. The maximum Gasteiger partial charge on any atom is 0.253 e. The van der Waals surface area contributed by atoms with E-state index in [0.29, 0.717) is 5.25 Å². The molecule has 2 heterocycles. The monoisotopic (exact) mass is 415 g/mol. The van der Waals surface area contributed by atoms with Gasteiger partial charge in [-0.2, -0.15) is 23.5 Å². The Kier molecular flexibility index (Phi) is 5.73. The molecule has 1 fully saturated rings. The second kappa shape index (κ2) is 6.84. The minimum Gasteiger partial charge on any atom is -0.351 e. The third-order valence-corrected chi connectivity index (χ3v) is 7.46. The van der Waals surface area contributed by atoms with Crippen LogP contribution >= 0.6 is 66.7 Å². The summed E-state index contributed by atoms with van der Waals surface area (Å²) in [5.74, 6) is 3.58. The zero-order chi connectivity index (χ0) is 12.3. The van der Waals surface area contributed by atoms with Gasteiger partial charge in [0.05, 0.1) is 13.1 Å². The van der Waals surface area contributed by atoms with Gasteiger partial charge in [0.15, 0.2) is 0 Å². The van der Waals surface area contributed by atoms with Crippen molar-refractivity contribution in [3.05, 3.63) is 19.2 Å². The molecular formula is C10H11Br2NOS3. The predicted molar refractivity (Wildman–Crippen MR) is 85.6 cm³/mol. The van der Waals surface area contributed by atoms with Gasteiger partial charge in [0.25, 0.3) is 5.91 Å². The van der Waals surface area contributed by atoms with Crippen molar-refractivity contribution >= 4 is 72.6 Å². The van der Waals surface area contributed by atoms with E-state index in [1.807, 2.05) is 29.6 Å². The summed E-state index contributed by atoms with van der Waals surface area (Å²) in [7, 11) is 0. The Morgan fingerprint density at radius 1 is 1.47 bits per heavy atom. The molecule has 1 aromatic rings.